The molecule has 3 aliphatic rings. The van der Waals surface area contributed by atoms with Crippen molar-refractivity contribution in [2.24, 2.45) is 0 Å². The van der Waals surface area contributed by atoms with Gasteiger partial charge in [0.1, 0.15) is 28.3 Å². The Morgan fingerprint density at radius 3 is 1.54 bits per heavy atom. The molecule has 0 atom stereocenters. The number of rotatable bonds is 13. The zero-order chi connectivity index (χ0) is 52.6. The molecule has 9 heterocycles. The van der Waals surface area contributed by atoms with E-state index in [0.29, 0.717) is 90.2 Å². The summed E-state index contributed by atoms with van der Waals surface area (Å²) in [7, 11) is 0. The summed E-state index contributed by atoms with van der Waals surface area (Å²) >= 11 is 5.96. The van der Waals surface area contributed by atoms with Crippen molar-refractivity contribution < 1.29 is 32.2 Å². The van der Waals surface area contributed by atoms with Crippen LogP contribution in [0.15, 0.2) is 61.1 Å². The number of carbonyl (C=O) groups is 1. The van der Waals surface area contributed by atoms with Crippen LogP contribution < -0.4 is 41.7 Å². The zero-order valence-corrected chi connectivity index (χ0v) is 42.7. The first-order valence-electron chi connectivity index (χ1n) is 24.3. The second-order valence-corrected chi connectivity index (χ2v) is 17.2. The maximum Gasteiger partial charge on any atom is 0.433 e. The lowest BCUT2D eigenvalue weighted by atomic mass is 10.1. The molecule has 74 heavy (non-hydrogen) atoms. The number of carbonyl (C=O) groups excluding carboxylic acids is 1. The maximum atomic E-state index is 13.0. The molecule has 0 aromatic carbocycles. The molecule has 25 heteroatoms. The van der Waals surface area contributed by atoms with Gasteiger partial charge in [-0.2, -0.15) is 28.1 Å². The first-order valence-corrected chi connectivity index (χ1v) is 24.7. The molecule has 0 saturated carbocycles. The number of anilines is 8. The summed E-state index contributed by atoms with van der Waals surface area (Å²) in [5, 5.41) is 12.5. The van der Waals surface area contributed by atoms with E-state index >= 15 is 0 Å². The van der Waals surface area contributed by atoms with Crippen LogP contribution in [0.5, 0.6) is 0 Å². The lowest BCUT2D eigenvalue weighted by Crippen LogP contribution is -2.37. The summed E-state index contributed by atoms with van der Waals surface area (Å²) in [6, 6.07) is 11.1. The molecule has 3 saturated heterocycles. The van der Waals surface area contributed by atoms with Crippen molar-refractivity contribution in [2.75, 3.05) is 140 Å². The van der Waals surface area contributed by atoms with Gasteiger partial charge < -0.3 is 55.9 Å². The van der Waals surface area contributed by atoms with E-state index in [0.717, 1.165) is 106 Å². The van der Waals surface area contributed by atoms with Crippen LogP contribution in [0.4, 0.5) is 59.8 Å². The van der Waals surface area contributed by atoms with Crippen LogP contribution in [0.3, 0.4) is 0 Å². The predicted molar refractivity (Wildman–Crippen MR) is 280 cm³/mol. The van der Waals surface area contributed by atoms with Crippen molar-refractivity contribution in [3.8, 4) is 22.5 Å². The number of aryl methyl sites for hydroxylation is 2. The lowest BCUT2D eigenvalue weighted by Gasteiger charge is -2.28. The minimum atomic E-state index is -4.65. The van der Waals surface area contributed by atoms with Crippen LogP contribution in [0.2, 0.25) is 5.15 Å². The van der Waals surface area contributed by atoms with Crippen molar-refractivity contribution in [1.29, 1.82) is 0 Å². The molecule has 394 valence electrons. The third kappa shape index (κ3) is 15.1. The van der Waals surface area contributed by atoms with Crippen molar-refractivity contribution in [3.05, 3.63) is 88.9 Å². The Kier molecular flexibility index (Phi) is 19.2. The molecule has 6 N–H and O–H groups in total. The van der Waals surface area contributed by atoms with E-state index in [1.807, 2.05) is 52.8 Å². The molecule has 6 aromatic rings. The molecule has 0 aliphatic carbocycles. The molecule has 1 amide bonds. The fraction of sp³-hybridized carbons (Fsp3) is 0.429. The number of alkyl halides is 3. The molecule has 9 rings (SSSR count). The number of aromatic nitrogens is 9. The molecule has 21 nitrogen and oxygen atoms in total. The molecular weight excluding hydrogens is 983 g/mol. The Balaban J connectivity index is 0.000000176. The van der Waals surface area contributed by atoms with Crippen molar-refractivity contribution >= 4 is 64.2 Å². The number of pyridine rings is 3. The van der Waals surface area contributed by atoms with Gasteiger partial charge in [-0.25, -0.2) is 15.0 Å². The number of nitrogens with two attached hydrogens (primary N) is 1. The summed E-state index contributed by atoms with van der Waals surface area (Å²) < 4.78 is 55.0. The van der Waals surface area contributed by atoms with Gasteiger partial charge in [-0.05, 0) is 58.9 Å². The fourth-order valence-electron chi connectivity index (χ4n) is 7.72. The minimum absolute atomic E-state index is 0.166. The Labute approximate surface area is 432 Å². The van der Waals surface area contributed by atoms with Crippen LogP contribution in [0.1, 0.15) is 48.2 Å². The Bertz CT molecular complexity index is 2810. The molecule has 6 aromatic heterocycles. The predicted octanol–water partition coefficient (Wildman–Crippen LogP) is 6.88. The quantitative estimate of drug-likeness (QED) is 0.0740. The molecule has 0 radical (unpaired) electrons. The summed E-state index contributed by atoms with van der Waals surface area (Å²) in [6.07, 6.45) is -0.594. The van der Waals surface area contributed by atoms with Crippen LogP contribution >= 0.6 is 11.6 Å². The number of amides is 1. The standard InChI is InChI=1S/C23H24F3N7O2.C16H22N6O.C10H15ClN4O/c1-3-27-22-31-18(12-20(32-22)33-6-8-35-9-7-33)17-11-16(13-29-14(17)2)30-21(34)15-4-5-28-19(10-15)23(24,25)26;1-3-18-16-20-14(13-8-12(17)10-19-11(13)2)9-15(21-16)22-4-6-23-7-5-22;1-2-12-10-13-8(11)7-9(14-10)15-3-5-16-6-4-15/h4-5,10-13H,3,6-9H2,1-2H3,(H,30,34)(H,27,31,32);8-10H,3-7,17H2,1-2H3,(H,18,20,21);7H,2-6H2,1H3,(H,12,13,14). The first-order chi connectivity index (χ1) is 35.7. The summed E-state index contributed by atoms with van der Waals surface area (Å²) in [5.74, 6) is 3.44. The Morgan fingerprint density at radius 2 is 1.07 bits per heavy atom. The van der Waals surface area contributed by atoms with E-state index < -0.39 is 17.8 Å². The van der Waals surface area contributed by atoms with E-state index in [9.17, 15) is 18.0 Å². The van der Waals surface area contributed by atoms with Crippen LogP contribution in [0.25, 0.3) is 22.5 Å². The van der Waals surface area contributed by atoms with Gasteiger partial charge >= 0.3 is 6.18 Å². The summed E-state index contributed by atoms with van der Waals surface area (Å²) in [5.41, 5.74) is 10.1. The normalized spacial score (nSPS) is 14.7. The number of nitrogens with zero attached hydrogens (tertiary/aromatic N) is 12. The number of ether oxygens (including phenoxy) is 3. The monoisotopic (exact) mass is 1040 g/mol. The first kappa shape index (κ1) is 54.5. The lowest BCUT2D eigenvalue weighted by molar-refractivity contribution is -0.141. The highest BCUT2D eigenvalue weighted by Gasteiger charge is 2.33. The molecular formula is C49H61ClF3N17O4. The topological polar surface area (TPSA) is 245 Å². The number of morpholine rings is 3. The van der Waals surface area contributed by atoms with E-state index in [1.54, 1.807) is 18.3 Å². The van der Waals surface area contributed by atoms with Crippen LogP contribution in [-0.4, -0.2) is 149 Å². The highest BCUT2D eigenvalue weighted by Crippen LogP contribution is 2.31. The SMILES string of the molecule is CCNc1nc(-c2cc(N)cnc2C)cc(N2CCOCC2)n1.CCNc1nc(-c2cc(NC(=O)c3ccnc(C(F)(F)F)c3)cnc2C)cc(N2CCOCC2)n1.CCNc1nc(Cl)cc(N2CCOCC2)n1. The summed E-state index contributed by atoms with van der Waals surface area (Å²) in [4.78, 5) is 58.0. The van der Waals surface area contributed by atoms with Gasteiger partial charge in [-0.1, -0.05) is 11.6 Å². The van der Waals surface area contributed by atoms with Gasteiger partial charge in [-0.15, -0.1) is 0 Å². The maximum absolute atomic E-state index is 13.0. The van der Waals surface area contributed by atoms with Crippen LogP contribution in [-0.2, 0) is 20.4 Å². The van der Waals surface area contributed by atoms with Gasteiger partial charge in [0.15, 0.2) is 0 Å². The minimum Gasteiger partial charge on any atom is -0.397 e. The van der Waals surface area contributed by atoms with Gasteiger partial charge in [0.05, 0.1) is 74.8 Å². The highest BCUT2D eigenvalue weighted by atomic mass is 35.5. The third-order valence-electron chi connectivity index (χ3n) is 11.4. The van der Waals surface area contributed by atoms with E-state index in [-0.39, 0.29) is 5.56 Å². The molecule has 3 fully saturated rings. The third-order valence-corrected chi connectivity index (χ3v) is 11.6. The van der Waals surface area contributed by atoms with Crippen molar-refractivity contribution in [3.63, 3.8) is 0 Å². The second kappa shape index (κ2) is 26.1. The Hall–Kier alpha value is -7.28. The average Bonchev–Trinajstić information content (AvgIpc) is 3.41. The second-order valence-electron chi connectivity index (χ2n) is 16.8. The van der Waals surface area contributed by atoms with E-state index in [1.165, 1.54) is 12.3 Å². The fourth-order valence-corrected chi connectivity index (χ4v) is 7.90. The highest BCUT2D eigenvalue weighted by molar-refractivity contribution is 6.29. The summed E-state index contributed by atoms with van der Waals surface area (Å²) in [6.45, 7) is 20.8. The van der Waals surface area contributed by atoms with Crippen LogP contribution in [0, 0.1) is 13.8 Å². The van der Waals surface area contributed by atoms with E-state index in [2.05, 4.69) is 80.8 Å². The number of hydrogen-bond acceptors (Lipinski definition) is 20. The number of hydrogen-bond donors (Lipinski definition) is 5. The smallest absolute Gasteiger partial charge is 0.397 e. The number of nitrogens with one attached hydrogen (secondary N) is 4. The number of nitrogen functional groups attached to an aromatic ring is 1. The van der Waals surface area contributed by atoms with Crippen molar-refractivity contribution in [2.45, 2.75) is 40.8 Å². The van der Waals surface area contributed by atoms with Gasteiger partial charge in [-0.3, -0.25) is 19.7 Å². The average molecular weight is 1040 g/mol. The molecule has 0 unspecified atom stereocenters. The van der Waals surface area contributed by atoms with Gasteiger partial charge in [0.25, 0.3) is 5.91 Å². The number of halogens is 4. The largest absolute Gasteiger partial charge is 0.433 e. The van der Waals surface area contributed by atoms with Gasteiger partial charge in [0.2, 0.25) is 17.8 Å². The van der Waals surface area contributed by atoms with E-state index in [4.69, 9.17) is 31.5 Å². The Morgan fingerprint density at radius 1 is 0.622 bits per heavy atom. The van der Waals surface area contributed by atoms with Gasteiger partial charge in [0, 0.05) is 111 Å². The molecule has 0 spiro atoms. The molecule has 3 aliphatic heterocycles. The molecule has 0 bridgehead atoms. The van der Waals surface area contributed by atoms with Crippen molar-refractivity contribution in [1.82, 2.24) is 44.9 Å². The zero-order valence-electron chi connectivity index (χ0n) is 42.0.